The maximum Gasteiger partial charge on any atom is 0.348 e. The van der Waals surface area contributed by atoms with Crippen molar-refractivity contribution < 1.29 is 26.3 Å². The van der Waals surface area contributed by atoms with E-state index < -0.39 is 23.5 Å². The average molecular weight is 198 g/mol. The van der Waals surface area contributed by atoms with Crippen molar-refractivity contribution >= 4 is 11.6 Å². The van der Waals surface area contributed by atoms with E-state index in [1.165, 1.54) is 0 Å². The molecule has 0 nitrogen and oxygen atoms in total. The molecule has 0 radical (unpaired) electrons. The first-order chi connectivity index (χ1) is 4.80. The van der Waals surface area contributed by atoms with Crippen molar-refractivity contribution in [1.82, 2.24) is 0 Å². The number of hydrogen-bond acceptors (Lipinski definition) is 0. The van der Waals surface area contributed by atoms with Crippen LogP contribution in [-0.4, -0.2) is 11.6 Å². The Balaban J connectivity index is 4.70. The Morgan fingerprint density at radius 2 is 1.55 bits per heavy atom. The minimum Gasteiger partial charge on any atom is -0.223 e. The van der Waals surface area contributed by atoms with Crippen LogP contribution in [0.4, 0.5) is 26.3 Å². The summed E-state index contributed by atoms with van der Waals surface area (Å²) in [5, 5.41) is 0. The predicted molar refractivity (Wildman–Crippen MR) is 26.0 cm³/mol. The molecule has 0 aromatic rings. The fourth-order valence-electron chi connectivity index (χ4n) is 0.222. The summed E-state index contributed by atoms with van der Waals surface area (Å²) in [6.07, 6.45) is -3.28. The monoisotopic (exact) mass is 198 g/mol. The zero-order valence-electron chi connectivity index (χ0n) is 4.72. The summed E-state index contributed by atoms with van der Waals surface area (Å²) in [5.74, 6) is -8.10. The molecule has 0 N–H and O–H groups in total. The highest BCUT2D eigenvalue weighted by Gasteiger charge is 2.47. The van der Waals surface area contributed by atoms with Gasteiger partial charge in [0.2, 0.25) is 11.5 Å². The lowest BCUT2D eigenvalue weighted by molar-refractivity contribution is -0.0288. The molecule has 0 aromatic heterocycles. The van der Waals surface area contributed by atoms with Gasteiger partial charge in [-0.1, -0.05) is 11.6 Å². The molecule has 7 heteroatoms. The molecule has 0 fully saturated rings. The third-order valence-electron chi connectivity index (χ3n) is 0.733. The third kappa shape index (κ3) is 2.28. The largest absolute Gasteiger partial charge is 0.348 e. The van der Waals surface area contributed by atoms with E-state index in [-0.39, 0.29) is 0 Å². The van der Waals surface area contributed by atoms with Crippen LogP contribution in [0.1, 0.15) is 0 Å². The fourth-order valence-corrected chi connectivity index (χ4v) is 0.318. The molecule has 0 aliphatic carbocycles. The molecule has 1 unspecified atom stereocenters. The van der Waals surface area contributed by atoms with Crippen molar-refractivity contribution in [3.05, 3.63) is 11.9 Å². The van der Waals surface area contributed by atoms with E-state index in [1.54, 1.807) is 0 Å². The van der Waals surface area contributed by atoms with Crippen molar-refractivity contribution in [2.45, 2.75) is 11.6 Å². The van der Waals surface area contributed by atoms with Crippen LogP contribution in [0.15, 0.2) is 11.9 Å². The average Bonchev–Trinajstić information content (AvgIpc) is 1.85. The van der Waals surface area contributed by atoms with Crippen LogP contribution in [0.25, 0.3) is 0 Å². The van der Waals surface area contributed by atoms with Crippen LogP contribution < -0.4 is 0 Å². The van der Waals surface area contributed by atoms with Crippen LogP contribution in [-0.2, 0) is 0 Å². The van der Waals surface area contributed by atoms with Crippen molar-refractivity contribution in [2.24, 2.45) is 0 Å². The van der Waals surface area contributed by atoms with Gasteiger partial charge in [-0.15, -0.1) is 0 Å². The van der Waals surface area contributed by atoms with Gasteiger partial charge in [-0.2, -0.15) is 22.0 Å². The maximum atomic E-state index is 11.8. The Morgan fingerprint density at radius 3 is 1.64 bits per heavy atom. The lowest BCUT2D eigenvalue weighted by atomic mass is 10.3. The second kappa shape index (κ2) is 3.34. The molecule has 0 aliphatic rings. The zero-order chi connectivity index (χ0) is 9.23. The Hall–Kier alpha value is -0.390. The van der Waals surface area contributed by atoms with Crippen LogP contribution in [0.3, 0.4) is 0 Å². The summed E-state index contributed by atoms with van der Waals surface area (Å²) in [6, 6.07) is 0. The molecule has 0 saturated carbocycles. The van der Waals surface area contributed by atoms with Crippen molar-refractivity contribution in [3.8, 4) is 0 Å². The molecule has 11 heavy (non-hydrogen) atoms. The van der Waals surface area contributed by atoms with Crippen molar-refractivity contribution in [2.75, 3.05) is 0 Å². The van der Waals surface area contributed by atoms with Gasteiger partial charge in [-0.05, 0) is 0 Å². The molecule has 0 bridgehead atoms. The van der Waals surface area contributed by atoms with E-state index in [2.05, 4.69) is 11.6 Å². The number of allylic oxidation sites excluding steroid dienone is 1. The van der Waals surface area contributed by atoms with Crippen LogP contribution in [0.2, 0.25) is 0 Å². The molecule has 0 heterocycles. The number of hydrogen-bond donors (Lipinski definition) is 0. The SMILES string of the molecule is FC(F)=C(F)C(F)(F)C(F)Cl. The molecular weight excluding hydrogens is 197 g/mol. The summed E-state index contributed by atoms with van der Waals surface area (Å²) in [7, 11) is 0. The Kier molecular flexibility index (Phi) is 3.22. The molecule has 66 valence electrons. The Bertz CT molecular complexity index is 169. The first-order valence-electron chi connectivity index (χ1n) is 2.17. The molecule has 0 aliphatic heterocycles. The van der Waals surface area contributed by atoms with Gasteiger partial charge in [0.1, 0.15) is 0 Å². The summed E-state index contributed by atoms with van der Waals surface area (Å²) >= 11 is 4.08. The van der Waals surface area contributed by atoms with Crippen molar-refractivity contribution in [3.63, 3.8) is 0 Å². The first kappa shape index (κ1) is 10.6. The van der Waals surface area contributed by atoms with Gasteiger partial charge in [-0.3, -0.25) is 0 Å². The number of halogens is 7. The lowest BCUT2D eigenvalue weighted by Gasteiger charge is -2.11. The second-order valence-electron chi connectivity index (χ2n) is 1.50. The highest BCUT2D eigenvalue weighted by atomic mass is 35.5. The van der Waals surface area contributed by atoms with E-state index in [1.807, 2.05) is 0 Å². The van der Waals surface area contributed by atoms with Gasteiger partial charge in [0, 0.05) is 0 Å². The summed E-state index contributed by atoms with van der Waals surface area (Å²) in [6.45, 7) is 0. The van der Waals surface area contributed by atoms with Crippen LogP contribution in [0.5, 0.6) is 0 Å². The second-order valence-corrected chi connectivity index (χ2v) is 1.88. The quantitative estimate of drug-likeness (QED) is 0.472. The van der Waals surface area contributed by atoms with E-state index in [0.29, 0.717) is 0 Å². The molecular formula is C4HClF6. The summed E-state index contributed by atoms with van der Waals surface area (Å²) in [5.41, 5.74) is -3.50. The summed E-state index contributed by atoms with van der Waals surface area (Å²) < 4.78 is 68.8. The summed E-state index contributed by atoms with van der Waals surface area (Å²) in [4.78, 5) is 0. The minimum absolute atomic E-state index is 3.14. The Morgan fingerprint density at radius 1 is 1.18 bits per heavy atom. The minimum atomic E-state index is -4.96. The number of alkyl halides is 4. The van der Waals surface area contributed by atoms with Crippen LogP contribution in [0, 0.1) is 0 Å². The van der Waals surface area contributed by atoms with E-state index in [4.69, 9.17) is 0 Å². The lowest BCUT2D eigenvalue weighted by Crippen LogP contribution is -2.26. The normalized spacial score (nSPS) is 14.5. The smallest absolute Gasteiger partial charge is 0.223 e. The molecule has 1 atom stereocenters. The van der Waals surface area contributed by atoms with Gasteiger partial charge in [-0.25, -0.2) is 4.39 Å². The van der Waals surface area contributed by atoms with Gasteiger partial charge in [0.05, 0.1) is 0 Å². The standard InChI is InChI=1S/C4HClF6/c5-3(9)4(10,11)1(6)2(7)8/h3H. The molecule has 0 amide bonds. The first-order valence-corrected chi connectivity index (χ1v) is 2.61. The van der Waals surface area contributed by atoms with E-state index in [0.717, 1.165) is 0 Å². The van der Waals surface area contributed by atoms with Gasteiger partial charge in [0.25, 0.3) is 0 Å². The fraction of sp³-hybridized carbons (Fsp3) is 0.500. The van der Waals surface area contributed by atoms with Gasteiger partial charge >= 0.3 is 12.0 Å². The molecule has 0 rings (SSSR count). The van der Waals surface area contributed by atoms with Gasteiger partial charge in [0.15, 0.2) is 0 Å². The van der Waals surface area contributed by atoms with Crippen LogP contribution >= 0.6 is 11.6 Å². The zero-order valence-corrected chi connectivity index (χ0v) is 5.48. The van der Waals surface area contributed by atoms with Crippen molar-refractivity contribution in [1.29, 1.82) is 0 Å². The highest BCUT2D eigenvalue weighted by Crippen LogP contribution is 2.35. The molecule has 0 saturated heterocycles. The topological polar surface area (TPSA) is 0 Å². The highest BCUT2D eigenvalue weighted by molar-refractivity contribution is 6.20. The third-order valence-corrected chi connectivity index (χ3v) is 1.01. The van der Waals surface area contributed by atoms with E-state index >= 15 is 0 Å². The molecule has 0 aromatic carbocycles. The maximum absolute atomic E-state index is 11.8. The predicted octanol–water partition coefficient (Wildman–Crippen LogP) is 3.23. The van der Waals surface area contributed by atoms with E-state index in [9.17, 15) is 26.3 Å². The molecule has 0 spiro atoms. The van der Waals surface area contributed by atoms with Gasteiger partial charge < -0.3 is 0 Å². The number of rotatable bonds is 2. The Labute approximate surface area is 62.4 Å².